The number of aromatic nitrogens is 4. The van der Waals surface area contributed by atoms with E-state index in [1.807, 2.05) is 35.0 Å². The van der Waals surface area contributed by atoms with E-state index in [1.54, 1.807) is 0 Å². The molecule has 7 nitrogen and oxygen atoms in total. The van der Waals surface area contributed by atoms with Gasteiger partial charge in [0.25, 0.3) is 0 Å². The van der Waals surface area contributed by atoms with Gasteiger partial charge in [-0.25, -0.2) is 0 Å². The van der Waals surface area contributed by atoms with Gasteiger partial charge in [-0.2, -0.15) is 4.68 Å². The van der Waals surface area contributed by atoms with Crippen LogP contribution in [-0.2, 0) is 4.79 Å². The first-order valence-corrected chi connectivity index (χ1v) is 10.4. The summed E-state index contributed by atoms with van der Waals surface area (Å²) in [6.45, 7) is 8.04. The molecule has 2 saturated heterocycles. The van der Waals surface area contributed by atoms with E-state index in [0.29, 0.717) is 18.2 Å². The lowest BCUT2D eigenvalue weighted by Gasteiger charge is -2.48. The average Bonchev–Trinajstić information content (AvgIpc) is 3.20. The van der Waals surface area contributed by atoms with Crippen molar-refractivity contribution in [1.29, 1.82) is 0 Å². The van der Waals surface area contributed by atoms with Gasteiger partial charge in [0.15, 0.2) is 0 Å². The Kier molecular flexibility index (Phi) is 5.33. The minimum Gasteiger partial charge on any atom is -0.342 e. The fourth-order valence-electron chi connectivity index (χ4n) is 4.55. The Morgan fingerprint density at radius 2 is 1.96 bits per heavy atom. The molecule has 2 fully saturated rings. The van der Waals surface area contributed by atoms with Crippen molar-refractivity contribution in [2.75, 3.05) is 31.1 Å². The third kappa shape index (κ3) is 3.88. The summed E-state index contributed by atoms with van der Waals surface area (Å²) in [4.78, 5) is 16.9. The molecule has 0 aliphatic carbocycles. The fraction of sp³-hybridized carbons (Fsp3) is 0.619. The molecule has 4 rings (SSSR count). The SMILES string of the molecule is CC(C)CCN1C[C@@]2(CCCN(c3nnnn3-c3ccccc3)C2)CCC1=O. The monoisotopic (exact) mass is 382 g/mol. The van der Waals surface area contributed by atoms with Crippen molar-refractivity contribution in [3.05, 3.63) is 30.3 Å². The summed E-state index contributed by atoms with van der Waals surface area (Å²) in [6.07, 6.45) is 4.97. The Morgan fingerprint density at radius 1 is 1.14 bits per heavy atom. The predicted molar refractivity (Wildman–Crippen MR) is 108 cm³/mol. The largest absolute Gasteiger partial charge is 0.342 e. The quantitative estimate of drug-likeness (QED) is 0.795. The number of anilines is 1. The second-order valence-corrected chi connectivity index (χ2v) is 8.75. The fourth-order valence-corrected chi connectivity index (χ4v) is 4.55. The van der Waals surface area contributed by atoms with Gasteiger partial charge in [-0.3, -0.25) is 4.79 Å². The smallest absolute Gasteiger partial charge is 0.250 e. The molecule has 2 aliphatic heterocycles. The first-order valence-electron chi connectivity index (χ1n) is 10.4. The van der Waals surface area contributed by atoms with E-state index in [0.717, 1.165) is 57.1 Å². The number of para-hydroxylation sites is 1. The van der Waals surface area contributed by atoms with Crippen LogP contribution in [0.1, 0.15) is 46.0 Å². The van der Waals surface area contributed by atoms with Crippen LogP contribution in [0, 0.1) is 11.3 Å². The Morgan fingerprint density at radius 3 is 2.75 bits per heavy atom. The number of rotatable bonds is 5. The molecule has 0 N–H and O–H groups in total. The number of amides is 1. The van der Waals surface area contributed by atoms with Gasteiger partial charge in [0.05, 0.1) is 5.69 Å². The Bertz CT molecular complexity index is 804. The van der Waals surface area contributed by atoms with Gasteiger partial charge in [0.2, 0.25) is 11.9 Å². The van der Waals surface area contributed by atoms with Gasteiger partial charge < -0.3 is 9.80 Å². The maximum absolute atomic E-state index is 12.5. The van der Waals surface area contributed by atoms with E-state index in [1.165, 1.54) is 6.42 Å². The van der Waals surface area contributed by atoms with Crippen LogP contribution in [-0.4, -0.2) is 57.2 Å². The molecule has 0 unspecified atom stereocenters. The first kappa shape index (κ1) is 18.9. The van der Waals surface area contributed by atoms with Crippen molar-refractivity contribution < 1.29 is 4.79 Å². The number of benzene rings is 1. The van der Waals surface area contributed by atoms with Crippen molar-refractivity contribution in [1.82, 2.24) is 25.1 Å². The highest BCUT2D eigenvalue weighted by atomic mass is 16.2. The lowest BCUT2D eigenvalue weighted by molar-refractivity contribution is -0.138. The summed E-state index contributed by atoms with van der Waals surface area (Å²) in [6, 6.07) is 10.0. The maximum Gasteiger partial charge on any atom is 0.250 e. The molecule has 150 valence electrons. The van der Waals surface area contributed by atoms with Crippen molar-refractivity contribution in [2.45, 2.75) is 46.0 Å². The van der Waals surface area contributed by atoms with Crippen LogP contribution in [0.2, 0.25) is 0 Å². The van der Waals surface area contributed by atoms with Crippen LogP contribution in [0.4, 0.5) is 5.95 Å². The van der Waals surface area contributed by atoms with Crippen molar-refractivity contribution in [3.8, 4) is 5.69 Å². The van der Waals surface area contributed by atoms with E-state index < -0.39 is 0 Å². The van der Waals surface area contributed by atoms with Crippen LogP contribution < -0.4 is 4.90 Å². The molecule has 3 heterocycles. The molecule has 0 bridgehead atoms. The van der Waals surface area contributed by atoms with Gasteiger partial charge in [-0.1, -0.05) is 37.1 Å². The molecule has 2 aliphatic rings. The Labute approximate surface area is 166 Å². The van der Waals surface area contributed by atoms with Crippen LogP contribution in [0.15, 0.2) is 30.3 Å². The molecule has 1 aromatic heterocycles. The third-order valence-corrected chi connectivity index (χ3v) is 6.12. The summed E-state index contributed by atoms with van der Waals surface area (Å²) in [7, 11) is 0. The third-order valence-electron chi connectivity index (χ3n) is 6.12. The second kappa shape index (κ2) is 7.89. The summed E-state index contributed by atoms with van der Waals surface area (Å²) in [5.74, 6) is 1.73. The molecular weight excluding hydrogens is 352 g/mol. The number of hydrogen-bond acceptors (Lipinski definition) is 5. The molecular formula is C21H30N6O. The highest BCUT2D eigenvalue weighted by molar-refractivity contribution is 5.77. The zero-order chi connectivity index (χ0) is 19.6. The van der Waals surface area contributed by atoms with Gasteiger partial charge in [-0.05, 0) is 54.2 Å². The number of nitrogens with zero attached hydrogens (tertiary/aromatic N) is 6. The van der Waals surface area contributed by atoms with Crippen LogP contribution in [0.5, 0.6) is 0 Å². The minimum absolute atomic E-state index is 0.149. The predicted octanol–water partition coefficient (Wildman–Crippen LogP) is 2.92. The molecule has 1 atom stereocenters. The van der Waals surface area contributed by atoms with Crippen molar-refractivity contribution in [3.63, 3.8) is 0 Å². The lowest BCUT2D eigenvalue weighted by atomic mass is 9.73. The first-order chi connectivity index (χ1) is 13.6. The van der Waals surface area contributed by atoms with E-state index in [-0.39, 0.29) is 5.41 Å². The summed E-state index contributed by atoms with van der Waals surface area (Å²) < 4.78 is 1.82. The molecule has 7 heteroatoms. The van der Waals surface area contributed by atoms with Gasteiger partial charge in [-0.15, -0.1) is 0 Å². The van der Waals surface area contributed by atoms with Crippen LogP contribution in [0.25, 0.3) is 5.69 Å². The zero-order valence-electron chi connectivity index (χ0n) is 16.9. The maximum atomic E-state index is 12.5. The molecule has 0 saturated carbocycles. The number of carbonyl (C=O) groups is 1. The summed E-state index contributed by atoms with van der Waals surface area (Å²) >= 11 is 0. The number of likely N-dealkylation sites (tertiary alicyclic amines) is 1. The molecule has 0 radical (unpaired) electrons. The standard InChI is InChI=1S/C21H30N6O/c1-17(2)10-14-25-15-21(12-9-19(25)28)11-6-13-26(16-21)20-22-23-24-27(20)18-7-4-3-5-8-18/h3-5,7-8,17H,6,9-16H2,1-2H3/t21-/m1/s1. The zero-order valence-corrected chi connectivity index (χ0v) is 16.9. The van der Waals surface area contributed by atoms with E-state index in [9.17, 15) is 4.79 Å². The highest BCUT2D eigenvalue weighted by Gasteiger charge is 2.42. The van der Waals surface area contributed by atoms with Crippen molar-refractivity contribution >= 4 is 11.9 Å². The molecule has 28 heavy (non-hydrogen) atoms. The number of carbonyl (C=O) groups excluding carboxylic acids is 1. The lowest BCUT2D eigenvalue weighted by Crippen LogP contribution is -2.54. The van der Waals surface area contributed by atoms with Crippen LogP contribution in [0.3, 0.4) is 0 Å². The molecule has 1 aromatic carbocycles. The normalized spacial score (nSPS) is 23.0. The highest BCUT2D eigenvalue weighted by Crippen LogP contribution is 2.40. The van der Waals surface area contributed by atoms with E-state index in [4.69, 9.17) is 0 Å². The minimum atomic E-state index is 0.149. The molecule has 1 amide bonds. The van der Waals surface area contributed by atoms with Gasteiger partial charge in [0.1, 0.15) is 0 Å². The number of tetrazole rings is 1. The summed E-state index contributed by atoms with van der Waals surface area (Å²) in [5, 5.41) is 12.5. The second-order valence-electron chi connectivity index (χ2n) is 8.75. The average molecular weight is 383 g/mol. The Hall–Kier alpha value is -2.44. The number of piperidine rings is 2. The Balaban J connectivity index is 1.52. The molecule has 2 aromatic rings. The van der Waals surface area contributed by atoms with Gasteiger partial charge in [0, 0.05) is 38.0 Å². The number of hydrogen-bond donors (Lipinski definition) is 0. The van der Waals surface area contributed by atoms with E-state index in [2.05, 4.69) is 39.2 Å². The van der Waals surface area contributed by atoms with Crippen molar-refractivity contribution in [2.24, 2.45) is 11.3 Å². The summed E-state index contributed by atoms with van der Waals surface area (Å²) in [5.41, 5.74) is 1.12. The van der Waals surface area contributed by atoms with Crippen LogP contribution >= 0.6 is 0 Å². The molecule has 1 spiro atoms. The topological polar surface area (TPSA) is 67.2 Å². The van der Waals surface area contributed by atoms with E-state index >= 15 is 0 Å². The van der Waals surface area contributed by atoms with Gasteiger partial charge >= 0.3 is 0 Å².